The van der Waals surface area contributed by atoms with Crippen LogP contribution in [-0.2, 0) is 0 Å². The van der Waals surface area contributed by atoms with E-state index in [0.29, 0.717) is 24.2 Å². The fourth-order valence-electron chi connectivity index (χ4n) is 3.60. The second-order valence-corrected chi connectivity index (χ2v) is 6.34. The topological polar surface area (TPSA) is 65.5 Å². The fraction of sp³-hybridized carbons (Fsp3) is 0.316. The molecule has 1 saturated heterocycles. The zero-order chi connectivity index (χ0) is 17.2. The summed E-state index contributed by atoms with van der Waals surface area (Å²) in [4.78, 5) is 32.8. The van der Waals surface area contributed by atoms with Gasteiger partial charge >= 0.3 is 0 Å². The molecular weight excluding hydrogens is 316 g/mol. The lowest BCUT2D eigenvalue weighted by Gasteiger charge is -2.37. The Balaban J connectivity index is 1.47. The third-order valence-electron chi connectivity index (χ3n) is 4.93. The third-order valence-corrected chi connectivity index (χ3v) is 4.93. The van der Waals surface area contributed by atoms with Gasteiger partial charge in [0.25, 0.3) is 11.8 Å². The molecule has 6 heteroatoms. The van der Waals surface area contributed by atoms with Crippen molar-refractivity contribution in [2.75, 3.05) is 32.7 Å². The van der Waals surface area contributed by atoms with Crippen molar-refractivity contribution in [3.8, 4) is 0 Å². The molecule has 0 aliphatic carbocycles. The molecule has 1 atom stereocenters. The van der Waals surface area contributed by atoms with Crippen LogP contribution >= 0.6 is 0 Å². The van der Waals surface area contributed by atoms with Crippen molar-refractivity contribution in [1.82, 2.24) is 20.1 Å². The average molecular weight is 336 g/mol. The van der Waals surface area contributed by atoms with E-state index in [0.717, 1.165) is 19.6 Å². The van der Waals surface area contributed by atoms with Crippen molar-refractivity contribution in [2.45, 2.75) is 6.04 Å². The molecule has 0 saturated carbocycles. The number of hydrogen-bond donors (Lipinski definition) is 1. The number of pyridine rings is 1. The number of carbonyl (C=O) groups excluding carboxylic acids is 2. The van der Waals surface area contributed by atoms with E-state index in [1.165, 1.54) is 10.5 Å². The van der Waals surface area contributed by atoms with Crippen molar-refractivity contribution in [3.63, 3.8) is 0 Å². The molecule has 2 amide bonds. The molecule has 1 N–H and O–H groups in total. The molecule has 2 aromatic rings. The molecule has 4 rings (SSSR count). The largest absolute Gasteiger partial charge is 0.314 e. The van der Waals surface area contributed by atoms with E-state index in [2.05, 4.69) is 15.2 Å². The number of hydrogen-bond acceptors (Lipinski definition) is 5. The zero-order valence-corrected chi connectivity index (χ0v) is 13.9. The lowest BCUT2D eigenvalue weighted by molar-refractivity contribution is 0.0614. The van der Waals surface area contributed by atoms with Crippen LogP contribution < -0.4 is 5.32 Å². The lowest BCUT2D eigenvalue weighted by Crippen LogP contribution is -2.49. The summed E-state index contributed by atoms with van der Waals surface area (Å²) in [5.41, 5.74) is 2.22. The van der Waals surface area contributed by atoms with Crippen LogP contribution in [-0.4, -0.2) is 59.3 Å². The summed E-state index contributed by atoms with van der Waals surface area (Å²) in [5.74, 6) is -0.368. The summed E-state index contributed by atoms with van der Waals surface area (Å²) >= 11 is 0. The van der Waals surface area contributed by atoms with Crippen LogP contribution in [0, 0.1) is 0 Å². The molecule has 2 aliphatic heterocycles. The van der Waals surface area contributed by atoms with Crippen molar-refractivity contribution in [1.29, 1.82) is 0 Å². The maximum absolute atomic E-state index is 12.5. The number of benzene rings is 1. The summed E-state index contributed by atoms with van der Waals surface area (Å²) in [5, 5.41) is 3.41. The first kappa shape index (κ1) is 15.9. The van der Waals surface area contributed by atoms with Crippen LogP contribution in [0.15, 0.2) is 48.8 Å². The number of nitrogens with zero attached hydrogens (tertiary/aromatic N) is 3. The Bertz CT molecular complexity index is 758. The van der Waals surface area contributed by atoms with Crippen molar-refractivity contribution in [2.24, 2.45) is 0 Å². The zero-order valence-electron chi connectivity index (χ0n) is 13.9. The number of nitrogens with one attached hydrogen (secondary N) is 1. The van der Waals surface area contributed by atoms with E-state index >= 15 is 0 Å². The second kappa shape index (κ2) is 6.74. The molecule has 0 bridgehead atoms. The Morgan fingerprint density at radius 2 is 1.68 bits per heavy atom. The van der Waals surface area contributed by atoms with Gasteiger partial charge in [-0.05, 0) is 29.8 Å². The van der Waals surface area contributed by atoms with Gasteiger partial charge in [-0.3, -0.25) is 24.4 Å². The van der Waals surface area contributed by atoms with Gasteiger partial charge in [0.05, 0.1) is 11.1 Å². The number of carbonyl (C=O) groups is 2. The molecule has 128 valence electrons. The average Bonchev–Trinajstić information content (AvgIpc) is 2.92. The smallest absolute Gasteiger partial charge is 0.261 e. The predicted octanol–water partition coefficient (Wildman–Crippen LogP) is 1.32. The quantitative estimate of drug-likeness (QED) is 0.853. The van der Waals surface area contributed by atoms with E-state index in [1.807, 2.05) is 12.1 Å². The number of rotatable bonds is 4. The van der Waals surface area contributed by atoms with E-state index in [-0.39, 0.29) is 17.9 Å². The highest BCUT2D eigenvalue weighted by atomic mass is 16.2. The molecule has 6 nitrogen and oxygen atoms in total. The Kier molecular flexibility index (Phi) is 4.29. The first-order chi connectivity index (χ1) is 12.3. The number of imide groups is 1. The van der Waals surface area contributed by atoms with E-state index in [4.69, 9.17) is 0 Å². The maximum Gasteiger partial charge on any atom is 0.261 e. The van der Waals surface area contributed by atoms with Gasteiger partial charge in [0, 0.05) is 51.2 Å². The highest BCUT2D eigenvalue weighted by molar-refractivity contribution is 6.21. The fourth-order valence-corrected chi connectivity index (χ4v) is 3.60. The number of amides is 2. The molecule has 1 aromatic heterocycles. The summed E-state index contributed by atoms with van der Waals surface area (Å²) in [7, 11) is 0. The molecule has 1 aromatic carbocycles. The lowest BCUT2D eigenvalue weighted by atomic mass is 10.0. The van der Waals surface area contributed by atoms with Gasteiger partial charge < -0.3 is 5.32 Å². The number of piperazine rings is 1. The normalized spacial score (nSPS) is 20.8. The number of fused-ring (bicyclic) bond motifs is 1. The minimum Gasteiger partial charge on any atom is -0.314 e. The monoisotopic (exact) mass is 336 g/mol. The summed E-state index contributed by atoms with van der Waals surface area (Å²) < 4.78 is 0. The first-order valence-electron chi connectivity index (χ1n) is 8.55. The Morgan fingerprint density at radius 1 is 1.00 bits per heavy atom. The molecule has 2 aliphatic rings. The highest BCUT2D eigenvalue weighted by Crippen LogP contribution is 2.24. The van der Waals surface area contributed by atoms with Gasteiger partial charge in [0.2, 0.25) is 0 Å². The van der Waals surface area contributed by atoms with Crippen LogP contribution in [0.1, 0.15) is 32.3 Å². The van der Waals surface area contributed by atoms with Crippen LogP contribution in [0.25, 0.3) is 0 Å². The van der Waals surface area contributed by atoms with Crippen LogP contribution in [0.5, 0.6) is 0 Å². The highest BCUT2D eigenvalue weighted by Gasteiger charge is 2.35. The summed E-state index contributed by atoms with van der Waals surface area (Å²) in [6.45, 7) is 3.72. The van der Waals surface area contributed by atoms with Gasteiger partial charge in [-0.15, -0.1) is 0 Å². The standard InChI is InChI=1S/C19H20N4O2/c24-18-15-3-1-2-4-16(15)19(25)23(18)12-11-22-10-9-21-13-17(22)14-5-7-20-8-6-14/h1-8,17,21H,9-13H2. The Labute approximate surface area is 146 Å². The second-order valence-electron chi connectivity index (χ2n) is 6.34. The predicted molar refractivity (Wildman–Crippen MR) is 93.2 cm³/mol. The van der Waals surface area contributed by atoms with Gasteiger partial charge in [-0.1, -0.05) is 12.1 Å². The molecular formula is C19H20N4O2. The van der Waals surface area contributed by atoms with Gasteiger partial charge in [-0.25, -0.2) is 0 Å². The minimum atomic E-state index is -0.184. The van der Waals surface area contributed by atoms with Crippen LogP contribution in [0.4, 0.5) is 0 Å². The van der Waals surface area contributed by atoms with Crippen LogP contribution in [0.2, 0.25) is 0 Å². The Morgan fingerprint density at radius 3 is 2.36 bits per heavy atom. The first-order valence-corrected chi connectivity index (χ1v) is 8.55. The van der Waals surface area contributed by atoms with Crippen molar-refractivity contribution < 1.29 is 9.59 Å². The van der Waals surface area contributed by atoms with Gasteiger partial charge in [-0.2, -0.15) is 0 Å². The molecule has 0 radical (unpaired) electrons. The van der Waals surface area contributed by atoms with Crippen LogP contribution in [0.3, 0.4) is 0 Å². The minimum absolute atomic E-state index is 0.184. The van der Waals surface area contributed by atoms with Crippen molar-refractivity contribution >= 4 is 11.8 Å². The van der Waals surface area contributed by atoms with E-state index < -0.39 is 0 Å². The van der Waals surface area contributed by atoms with Gasteiger partial charge in [0.1, 0.15) is 0 Å². The van der Waals surface area contributed by atoms with Gasteiger partial charge in [0.15, 0.2) is 0 Å². The van der Waals surface area contributed by atoms with Crippen molar-refractivity contribution in [3.05, 3.63) is 65.5 Å². The van der Waals surface area contributed by atoms with E-state index in [9.17, 15) is 9.59 Å². The maximum atomic E-state index is 12.5. The molecule has 1 unspecified atom stereocenters. The molecule has 25 heavy (non-hydrogen) atoms. The molecule has 1 fully saturated rings. The Hall–Kier alpha value is -2.57. The SMILES string of the molecule is O=C1c2ccccc2C(=O)N1CCN1CCNCC1c1ccncc1. The summed E-state index contributed by atoms with van der Waals surface area (Å²) in [6.07, 6.45) is 3.60. The summed E-state index contributed by atoms with van der Waals surface area (Å²) in [6, 6.07) is 11.3. The molecule has 0 spiro atoms. The van der Waals surface area contributed by atoms with E-state index in [1.54, 1.807) is 36.7 Å². The molecule has 3 heterocycles. The third kappa shape index (κ3) is 2.94. The number of aromatic nitrogens is 1.